The Labute approximate surface area is 169 Å². The van der Waals surface area contributed by atoms with E-state index in [4.69, 9.17) is 4.42 Å². The van der Waals surface area contributed by atoms with Gasteiger partial charge in [0.2, 0.25) is 0 Å². The SMILES string of the molecule is CC1C2CCC1CN(c1nc3c(C(F)(F)F)c(CO)cc(-c4nccs4)c3o1)C2. The van der Waals surface area contributed by atoms with E-state index >= 15 is 0 Å². The van der Waals surface area contributed by atoms with Crippen LogP contribution in [0.1, 0.15) is 30.9 Å². The van der Waals surface area contributed by atoms with Gasteiger partial charge in [0.1, 0.15) is 10.5 Å². The minimum atomic E-state index is -4.65. The van der Waals surface area contributed by atoms with Gasteiger partial charge in [0.05, 0.1) is 17.7 Å². The molecule has 5 nitrogen and oxygen atoms in total. The van der Waals surface area contributed by atoms with Crippen LogP contribution in [0.2, 0.25) is 0 Å². The van der Waals surface area contributed by atoms with Gasteiger partial charge in [-0.15, -0.1) is 11.3 Å². The summed E-state index contributed by atoms with van der Waals surface area (Å²) in [5, 5.41) is 11.9. The van der Waals surface area contributed by atoms with Gasteiger partial charge in [0.15, 0.2) is 5.58 Å². The van der Waals surface area contributed by atoms with E-state index in [9.17, 15) is 18.3 Å². The third-order valence-corrected chi connectivity index (χ3v) is 7.24. The summed E-state index contributed by atoms with van der Waals surface area (Å²) < 4.78 is 47.5. The second-order valence-corrected chi connectivity index (χ2v) is 8.88. The Morgan fingerprint density at radius 1 is 1.28 bits per heavy atom. The Hall–Kier alpha value is -2.13. The number of fused-ring (bicyclic) bond motifs is 3. The molecule has 9 heteroatoms. The lowest BCUT2D eigenvalue weighted by molar-refractivity contribution is -0.137. The molecule has 29 heavy (non-hydrogen) atoms. The Morgan fingerprint density at radius 2 is 2.00 bits per heavy atom. The van der Waals surface area contributed by atoms with Gasteiger partial charge in [0, 0.05) is 24.7 Å². The molecule has 5 rings (SSSR count). The predicted molar refractivity (Wildman–Crippen MR) is 104 cm³/mol. The molecule has 2 bridgehead atoms. The van der Waals surface area contributed by atoms with Gasteiger partial charge >= 0.3 is 6.18 Å². The van der Waals surface area contributed by atoms with Crippen molar-refractivity contribution in [3.05, 3.63) is 28.8 Å². The van der Waals surface area contributed by atoms with Crippen LogP contribution in [0, 0.1) is 17.8 Å². The zero-order chi connectivity index (χ0) is 20.3. The molecule has 3 aromatic rings. The first kappa shape index (κ1) is 18.9. The molecule has 0 amide bonds. The third-order valence-electron chi connectivity index (χ3n) is 6.43. The first-order chi connectivity index (χ1) is 13.9. The lowest BCUT2D eigenvalue weighted by atomic mass is 9.87. The summed E-state index contributed by atoms with van der Waals surface area (Å²) in [6, 6.07) is 1.54. The summed E-state index contributed by atoms with van der Waals surface area (Å²) in [7, 11) is 0. The number of hydrogen-bond donors (Lipinski definition) is 1. The largest absolute Gasteiger partial charge is 0.423 e. The molecular weight excluding hydrogens is 403 g/mol. The smallest absolute Gasteiger partial charge is 0.418 e. The summed E-state index contributed by atoms with van der Waals surface area (Å²) in [6.07, 6.45) is -0.796. The van der Waals surface area contributed by atoms with E-state index in [0.717, 1.165) is 25.9 Å². The van der Waals surface area contributed by atoms with Crippen LogP contribution in [0.4, 0.5) is 19.2 Å². The van der Waals surface area contributed by atoms with E-state index in [0.29, 0.717) is 28.3 Å². The normalized spacial score (nSPS) is 24.6. The number of nitrogens with zero attached hydrogens (tertiary/aromatic N) is 3. The fourth-order valence-corrected chi connectivity index (χ4v) is 5.52. The van der Waals surface area contributed by atoms with E-state index in [1.165, 1.54) is 17.4 Å². The molecule has 1 aliphatic heterocycles. The molecule has 2 unspecified atom stereocenters. The summed E-state index contributed by atoms with van der Waals surface area (Å²) >= 11 is 1.30. The van der Waals surface area contributed by atoms with Gasteiger partial charge in [-0.05, 0) is 42.2 Å². The van der Waals surface area contributed by atoms with Crippen molar-refractivity contribution in [2.45, 2.75) is 32.5 Å². The van der Waals surface area contributed by atoms with E-state index < -0.39 is 18.3 Å². The third kappa shape index (κ3) is 3.02. The average Bonchev–Trinajstić information content (AvgIpc) is 3.38. The van der Waals surface area contributed by atoms with E-state index in [-0.39, 0.29) is 22.7 Å². The van der Waals surface area contributed by atoms with Crippen molar-refractivity contribution in [1.82, 2.24) is 9.97 Å². The van der Waals surface area contributed by atoms with Crippen molar-refractivity contribution in [1.29, 1.82) is 0 Å². The van der Waals surface area contributed by atoms with Crippen molar-refractivity contribution in [3.63, 3.8) is 0 Å². The van der Waals surface area contributed by atoms with Crippen molar-refractivity contribution in [2.75, 3.05) is 18.0 Å². The number of rotatable bonds is 3. The maximum absolute atomic E-state index is 13.9. The molecule has 0 spiro atoms. The molecule has 0 radical (unpaired) electrons. The molecule has 1 saturated heterocycles. The molecule has 1 aliphatic carbocycles. The number of aliphatic hydroxyl groups is 1. The molecule has 1 aromatic carbocycles. The molecule has 3 heterocycles. The second-order valence-electron chi connectivity index (χ2n) is 7.99. The Balaban J connectivity index is 1.69. The van der Waals surface area contributed by atoms with Gasteiger partial charge in [0.25, 0.3) is 6.01 Å². The number of alkyl halides is 3. The lowest BCUT2D eigenvalue weighted by Crippen LogP contribution is -2.41. The van der Waals surface area contributed by atoms with Crippen LogP contribution in [-0.2, 0) is 12.8 Å². The number of oxazole rings is 1. The standard InChI is InChI=1S/C20H20F3N3O2S/c1-10-11-2-3-12(10)8-26(7-11)19-25-16-15(20(21,22)23)13(9-27)6-14(17(16)28-19)18-24-4-5-29-18/h4-6,10-12,27H,2-3,7-9H2,1H3. The Bertz CT molecular complexity index is 1030. The maximum atomic E-state index is 13.9. The summed E-state index contributed by atoms with van der Waals surface area (Å²) in [6.45, 7) is 2.99. The highest BCUT2D eigenvalue weighted by Crippen LogP contribution is 2.46. The fraction of sp³-hybridized carbons (Fsp3) is 0.500. The van der Waals surface area contributed by atoms with Crippen molar-refractivity contribution in [3.8, 4) is 10.6 Å². The van der Waals surface area contributed by atoms with Crippen LogP contribution in [0.25, 0.3) is 21.7 Å². The minimum absolute atomic E-state index is 0.0745. The van der Waals surface area contributed by atoms with Crippen LogP contribution >= 0.6 is 11.3 Å². The molecule has 2 aromatic heterocycles. The molecule has 2 aliphatic rings. The van der Waals surface area contributed by atoms with Crippen molar-refractivity contribution in [2.24, 2.45) is 17.8 Å². The second kappa shape index (κ2) is 6.70. The van der Waals surface area contributed by atoms with Crippen LogP contribution in [0.5, 0.6) is 0 Å². The van der Waals surface area contributed by atoms with Crippen LogP contribution in [0.15, 0.2) is 22.1 Å². The van der Waals surface area contributed by atoms with Crippen LogP contribution in [0.3, 0.4) is 0 Å². The first-order valence-corrected chi connectivity index (χ1v) is 10.5. The van der Waals surface area contributed by atoms with Crippen molar-refractivity contribution < 1.29 is 22.7 Å². The fourth-order valence-electron chi connectivity index (χ4n) is 4.87. The van der Waals surface area contributed by atoms with E-state index in [2.05, 4.69) is 16.9 Å². The molecule has 2 atom stereocenters. The number of hydrogen-bond acceptors (Lipinski definition) is 6. The number of thiazole rings is 1. The number of piperidine rings is 1. The average molecular weight is 423 g/mol. The Morgan fingerprint density at radius 3 is 2.59 bits per heavy atom. The highest BCUT2D eigenvalue weighted by molar-refractivity contribution is 7.13. The van der Waals surface area contributed by atoms with Gasteiger partial charge in [-0.1, -0.05) is 6.92 Å². The van der Waals surface area contributed by atoms with Gasteiger partial charge in [-0.25, -0.2) is 4.98 Å². The topological polar surface area (TPSA) is 62.4 Å². The first-order valence-electron chi connectivity index (χ1n) is 9.66. The summed E-state index contributed by atoms with van der Waals surface area (Å²) in [5.41, 5.74) is -0.902. The zero-order valence-corrected chi connectivity index (χ0v) is 16.6. The number of aromatic nitrogens is 2. The van der Waals surface area contributed by atoms with Crippen molar-refractivity contribution >= 4 is 28.5 Å². The van der Waals surface area contributed by atoms with E-state index in [1.54, 1.807) is 11.6 Å². The highest BCUT2D eigenvalue weighted by Gasteiger charge is 2.42. The van der Waals surface area contributed by atoms with E-state index in [1.807, 2.05) is 4.90 Å². The van der Waals surface area contributed by atoms with Gasteiger partial charge in [-0.3, -0.25) is 0 Å². The number of anilines is 1. The summed E-state index contributed by atoms with van der Waals surface area (Å²) in [4.78, 5) is 10.5. The minimum Gasteiger partial charge on any atom is -0.423 e. The summed E-state index contributed by atoms with van der Waals surface area (Å²) in [5.74, 6) is 1.64. The zero-order valence-electron chi connectivity index (χ0n) is 15.7. The maximum Gasteiger partial charge on any atom is 0.418 e. The number of benzene rings is 1. The van der Waals surface area contributed by atoms with Gasteiger partial charge in [-0.2, -0.15) is 18.2 Å². The van der Waals surface area contributed by atoms with Crippen LogP contribution in [-0.4, -0.2) is 28.2 Å². The van der Waals surface area contributed by atoms with Crippen LogP contribution < -0.4 is 4.90 Å². The molecule has 1 saturated carbocycles. The Kier molecular flexibility index (Phi) is 4.36. The highest BCUT2D eigenvalue weighted by atomic mass is 32.1. The lowest BCUT2D eigenvalue weighted by Gasteiger charge is -2.35. The van der Waals surface area contributed by atoms with Gasteiger partial charge < -0.3 is 14.4 Å². The predicted octanol–water partition coefficient (Wildman–Crippen LogP) is 4.94. The number of halogens is 3. The molecule has 2 fully saturated rings. The monoisotopic (exact) mass is 423 g/mol. The quantitative estimate of drug-likeness (QED) is 0.646. The molecule has 1 N–H and O–H groups in total. The molecule has 154 valence electrons. The molecular formula is C20H20F3N3O2S. The number of aliphatic hydroxyl groups excluding tert-OH is 1.